The van der Waals surface area contributed by atoms with E-state index in [1.807, 2.05) is 24.7 Å². The van der Waals surface area contributed by atoms with Crippen molar-refractivity contribution in [2.45, 2.75) is 26.0 Å². The Morgan fingerprint density at radius 3 is 3.16 bits per heavy atom. The van der Waals surface area contributed by atoms with Gasteiger partial charge in [0.2, 0.25) is 0 Å². The molecule has 1 saturated heterocycles. The van der Waals surface area contributed by atoms with Gasteiger partial charge >= 0.3 is 0 Å². The molecule has 5 nitrogen and oxygen atoms in total. The van der Waals surface area contributed by atoms with Crippen LogP contribution in [-0.2, 0) is 11.3 Å². The largest absolute Gasteiger partial charge is 0.384 e. The van der Waals surface area contributed by atoms with E-state index in [-0.39, 0.29) is 0 Å². The number of nitrogens with two attached hydrogens (primary N) is 1. The fraction of sp³-hybridized carbons (Fsp3) is 0.429. The van der Waals surface area contributed by atoms with Crippen LogP contribution in [0.2, 0.25) is 0 Å². The van der Waals surface area contributed by atoms with Gasteiger partial charge in [-0.15, -0.1) is 0 Å². The topological polar surface area (TPSA) is 66.0 Å². The lowest BCUT2D eigenvalue weighted by molar-refractivity contribution is 0.102. The molecular formula is C14H18N4O. The lowest BCUT2D eigenvalue weighted by atomic mass is 10.0. The van der Waals surface area contributed by atoms with Crippen molar-refractivity contribution in [2.24, 2.45) is 5.92 Å². The molecule has 0 saturated carbocycles. The van der Waals surface area contributed by atoms with E-state index in [0.29, 0.717) is 17.8 Å². The predicted molar refractivity (Wildman–Crippen MR) is 73.4 cm³/mol. The van der Waals surface area contributed by atoms with Crippen LogP contribution in [0.4, 0.5) is 5.82 Å². The smallest absolute Gasteiger partial charge is 0.123 e. The van der Waals surface area contributed by atoms with Crippen LogP contribution < -0.4 is 5.73 Å². The maximum absolute atomic E-state index is 5.74. The summed E-state index contributed by atoms with van der Waals surface area (Å²) in [5.74, 6) is 1.08. The van der Waals surface area contributed by atoms with Crippen molar-refractivity contribution >= 4 is 5.82 Å². The Kier molecular flexibility index (Phi) is 3.21. The third kappa shape index (κ3) is 2.46. The number of nitrogen functional groups attached to an aromatic ring is 1. The van der Waals surface area contributed by atoms with Gasteiger partial charge in [0.25, 0.3) is 0 Å². The zero-order chi connectivity index (χ0) is 13.2. The Labute approximate surface area is 112 Å². The molecule has 2 aromatic heterocycles. The van der Waals surface area contributed by atoms with Crippen molar-refractivity contribution in [3.8, 4) is 11.3 Å². The summed E-state index contributed by atoms with van der Waals surface area (Å²) in [5.41, 5.74) is 7.87. The van der Waals surface area contributed by atoms with Crippen LogP contribution in [0.5, 0.6) is 0 Å². The van der Waals surface area contributed by atoms with Crippen molar-refractivity contribution in [1.29, 1.82) is 0 Å². The lowest BCUT2D eigenvalue weighted by Gasteiger charge is -2.16. The molecule has 0 spiro atoms. The Morgan fingerprint density at radius 2 is 2.42 bits per heavy atom. The Balaban J connectivity index is 1.86. The number of ether oxygens (including phenoxy) is 1. The Hall–Kier alpha value is -1.88. The first-order chi connectivity index (χ1) is 9.24. The molecule has 1 aliphatic heterocycles. The van der Waals surface area contributed by atoms with Crippen LogP contribution in [0.3, 0.4) is 0 Å². The molecule has 2 atom stereocenters. The first-order valence-corrected chi connectivity index (χ1v) is 6.57. The third-order valence-electron chi connectivity index (χ3n) is 3.75. The summed E-state index contributed by atoms with van der Waals surface area (Å²) >= 11 is 0. The van der Waals surface area contributed by atoms with Crippen molar-refractivity contribution in [3.05, 3.63) is 30.9 Å². The van der Waals surface area contributed by atoms with E-state index in [0.717, 1.165) is 30.8 Å². The molecule has 19 heavy (non-hydrogen) atoms. The molecule has 1 fully saturated rings. The Bertz CT molecular complexity index is 566. The molecule has 0 bridgehead atoms. The highest BCUT2D eigenvalue weighted by atomic mass is 16.5. The summed E-state index contributed by atoms with van der Waals surface area (Å²) in [4.78, 5) is 8.28. The summed E-state index contributed by atoms with van der Waals surface area (Å²) in [6.45, 7) is 3.93. The van der Waals surface area contributed by atoms with Gasteiger partial charge in [0.1, 0.15) is 5.82 Å². The molecule has 2 unspecified atom stereocenters. The van der Waals surface area contributed by atoms with Gasteiger partial charge in [0.05, 0.1) is 24.3 Å². The van der Waals surface area contributed by atoms with Crippen LogP contribution in [0.15, 0.2) is 30.9 Å². The van der Waals surface area contributed by atoms with Gasteiger partial charge in [-0.2, -0.15) is 0 Å². The number of pyridine rings is 1. The van der Waals surface area contributed by atoms with Gasteiger partial charge in [-0.25, -0.2) is 9.97 Å². The molecule has 0 amide bonds. The van der Waals surface area contributed by atoms with Gasteiger partial charge in [0.15, 0.2) is 0 Å². The molecule has 100 valence electrons. The predicted octanol–water partition coefficient (Wildman–Crippen LogP) is 1.95. The summed E-state index contributed by atoms with van der Waals surface area (Å²) in [5, 5.41) is 0. The summed E-state index contributed by atoms with van der Waals surface area (Å²) < 4.78 is 7.79. The van der Waals surface area contributed by atoms with Gasteiger partial charge in [-0.3, -0.25) is 0 Å². The highest BCUT2D eigenvalue weighted by Crippen LogP contribution is 2.26. The lowest BCUT2D eigenvalue weighted by Crippen LogP contribution is -2.18. The maximum atomic E-state index is 5.74. The van der Waals surface area contributed by atoms with Gasteiger partial charge in [0, 0.05) is 30.8 Å². The van der Waals surface area contributed by atoms with Crippen LogP contribution in [0.25, 0.3) is 11.3 Å². The number of aromatic nitrogens is 3. The van der Waals surface area contributed by atoms with Crippen LogP contribution in [-0.4, -0.2) is 27.2 Å². The highest BCUT2D eigenvalue weighted by molar-refractivity contribution is 5.61. The molecule has 2 N–H and O–H groups in total. The summed E-state index contributed by atoms with van der Waals surface area (Å²) in [6, 6.07) is 3.83. The van der Waals surface area contributed by atoms with E-state index >= 15 is 0 Å². The monoisotopic (exact) mass is 258 g/mol. The third-order valence-corrected chi connectivity index (χ3v) is 3.75. The molecule has 3 rings (SSSR count). The molecule has 0 radical (unpaired) electrons. The van der Waals surface area contributed by atoms with E-state index in [1.54, 1.807) is 6.20 Å². The minimum Gasteiger partial charge on any atom is -0.384 e. The SMILES string of the molecule is CC1OCCC1Cn1cncc1-c1ccnc(N)c1. The molecule has 5 heteroatoms. The molecule has 0 aliphatic carbocycles. The highest BCUT2D eigenvalue weighted by Gasteiger charge is 2.25. The fourth-order valence-electron chi connectivity index (χ4n) is 2.58. The van der Waals surface area contributed by atoms with Crippen molar-refractivity contribution in [1.82, 2.24) is 14.5 Å². The zero-order valence-corrected chi connectivity index (χ0v) is 11.0. The van der Waals surface area contributed by atoms with E-state index < -0.39 is 0 Å². The van der Waals surface area contributed by atoms with Crippen LogP contribution >= 0.6 is 0 Å². The number of nitrogens with zero attached hydrogens (tertiary/aromatic N) is 3. The van der Waals surface area contributed by atoms with Crippen molar-refractivity contribution in [2.75, 3.05) is 12.3 Å². The van der Waals surface area contributed by atoms with E-state index in [4.69, 9.17) is 10.5 Å². The molecule has 3 heterocycles. The molecule has 1 aliphatic rings. The number of anilines is 1. The van der Waals surface area contributed by atoms with Crippen LogP contribution in [0.1, 0.15) is 13.3 Å². The fourth-order valence-corrected chi connectivity index (χ4v) is 2.58. The molecule has 2 aromatic rings. The van der Waals surface area contributed by atoms with Gasteiger partial charge in [-0.1, -0.05) is 0 Å². The number of imidazole rings is 1. The average molecular weight is 258 g/mol. The molecular weight excluding hydrogens is 240 g/mol. The molecule has 0 aromatic carbocycles. The first-order valence-electron chi connectivity index (χ1n) is 6.57. The number of hydrogen-bond donors (Lipinski definition) is 1. The minimum absolute atomic E-state index is 0.317. The van der Waals surface area contributed by atoms with Crippen molar-refractivity contribution < 1.29 is 4.74 Å². The second kappa shape index (κ2) is 5.01. The van der Waals surface area contributed by atoms with E-state index in [9.17, 15) is 0 Å². The Morgan fingerprint density at radius 1 is 1.53 bits per heavy atom. The summed E-state index contributed by atoms with van der Waals surface area (Å²) in [6.07, 6.45) is 6.89. The van der Waals surface area contributed by atoms with Gasteiger partial charge < -0.3 is 15.0 Å². The normalized spacial score (nSPS) is 22.8. The maximum Gasteiger partial charge on any atom is 0.123 e. The number of rotatable bonds is 3. The second-order valence-corrected chi connectivity index (χ2v) is 5.03. The second-order valence-electron chi connectivity index (χ2n) is 5.03. The van der Waals surface area contributed by atoms with Crippen molar-refractivity contribution in [3.63, 3.8) is 0 Å². The van der Waals surface area contributed by atoms with Crippen LogP contribution in [0, 0.1) is 5.92 Å². The standard InChI is InChI=1S/C14H18N4O/c1-10-12(3-5-19-10)8-18-9-16-7-13(18)11-2-4-17-14(15)6-11/h2,4,6-7,9-10,12H,3,5,8H2,1H3,(H2,15,17). The quantitative estimate of drug-likeness (QED) is 0.913. The summed E-state index contributed by atoms with van der Waals surface area (Å²) in [7, 11) is 0. The minimum atomic E-state index is 0.317. The average Bonchev–Trinajstić information content (AvgIpc) is 3.00. The van der Waals surface area contributed by atoms with E-state index in [1.165, 1.54) is 0 Å². The van der Waals surface area contributed by atoms with E-state index in [2.05, 4.69) is 21.5 Å². The number of hydrogen-bond acceptors (Lipinski definition) is 4. The zero-order valence-electron chi connectivity index (χ0n) is 11.0. The van der Waals surface area contributed by atoms with Gasteiger partial charge in [-0.05, 0) is 25.5 Å². The first kappa shape index (κ1) is 12.2.